The molecule has 2 N–H and O–H groups in total. The number of rotatable bonds is 13. The van der Waals surface area contributed by atoms with Crippen LogP contribution in [0.3, 0.4) is 0 Å². The molecule has 0 aromatic rings. The van der Waals surface area contributed by atoms with Crippen LogP contribution in [0.25, 0.3) is 0 Å². The maximum atomic E-state index is 11.5. The molecule has 0 aliphatic rings. The quantitative estimate of drug-likeness (QED) is 0.401. The van der Waals surface area contributed by atoms with Crippen LogP contribution in [-0.2, 0) is 10.0 Å². The van der Waals surface area contributed by atoms with Crippen molar-refractivity contribution in [2.24, 2.45) is 0 Å². The summed E-state index contributed by atoms with van der Waals surface area (Å²) in [5, 5.41) is 1.25. The van der Waals surface area contributed by atoms with E-state index in [1.165, 1.54) is 50.4 Å². The predicted octanol–water partition coefficient (Wildman–Crippen LogP) is 3.86. The lowest BCUT2D eigenvalue weighted by Crippen LogP contribution is -2.40. The van der Waals surface area contributed by atoms with Crippen LogP contribution in [0.4, 0.5) is 0 Å². The summed E-state index contributed by atoms with van der Waals surface area (Å²) in [5.41, 5.74) is 2.68. The highest BCUT2D eigenvalue weighted by Gasteiger charge is 2.03. The van der Waals surface area contributed by atoms with Gasteiger partial charge < -0.3 is 0 Å². The molecule has 120 valence electrons. The molecule has 0 radical (unpaired) electrons. The Bertz CT molecular complexity index is 338. The molecule has 0 rings (SSSR count). The topological polar surface area (TPSA) is 58.2 Å². The van der Waals surface area contributed by atoms with Crippen molar-refractivity contribution in [2.45, 2.75) is 84.6 Å². The number of sulfonamides is 1. The molecule has 0 heterocycles. The van der Waals surface area contributed by atoms with Gasteiger partial charge in [-0.05, 0) is 26.7 Å². The summed E-state index contributed by atoms with van der Waals surface area (Å²) in [4.78, 5) is 2.32. The van der Waals surface area contributed by atoms with Crippen LogP contribution in [0.5, 0.6) is 0 Å². The minimum atomic E-state index is -3.33. The molecule has 20 heavy (non-hydrogen) atoms. The summed E-state index contributed by atoms with van der Waals surface area (Å²) in [6.45, 7) is 5.99. The van der Waals surface area contributed by atoms with E-state index in [2.05, 4.69) is 17.2 Å². The molecule has 0 aliphatic carbocycles. The highest BCUT2D eigenvalue weighted by atomic mass is 32.2. The average molecular weight is 305 g/mol. The van der Waals surface area contributed by atoms with Crippen LogP contribution in [0.1, 0.15) is 78.6 Å². The second-order valence-electron chi connectivity index (χ2n) is 5.58. The average Bonchev–Trinajstić information content (AvgIpc) is 2.39. The van der Waals surface area contributed by atoms with Gasteiger partial charge in [-0.25, -0.2) is 13.8 Å². The Morgan fingerprint density at radius 2 is 1.50 bits per heavy atom. The molecule has 0 bridgehead atoms. The second-order valence-corrected chi connectivity index (χ2v) is 7.15. The third kappa shape index (κ3) is 14.0. The Labute approximate surface area is 125 Å². The Morgan fingerprint density at radius 1 is 0.950 bits per heavy atom. The number of nitrogens with one attached hydrogen (secondary N) is 2. The van der Waals surface area contributed by atoms with Crippen LogP contribution in [0, 0.1) is 0 Å². The standard InChI is InChI=1S/C15H32N2O2S/c1-4-5-6-7-8-9-10-11-12-13-14-20(18,19)17-16-15(2)3/h13-17H,4-12H2,1-3H3. The van der Waals surface area contributed by atoms with Gasteiger partial charge in [0.15, 0.2) is 0 Å². The highest BCUT2D eigenvalue weighted by molar-refractivity contribution is 7.92. The fourth-order valence-electron chi connectivity index (χ4n) is 1.82. The number of allylic oxidation sites excluding steroid dienone is 1. The van der Waals surface area contributed by atoms with E-state index in [1.807, 2.05) is 13.8 Å². The zero-order valence-corrected chi connectivity index (χ0v) is 14.1. The normalized spacial score (nSPS) is 12.6. The van der Waals surface area contributed by atoms with Crippen molar-refractivity contribution < 1.29 is 8.42 Å². The lowest BCUT2D eigenvalue weighted by atomic mass is 10.1. The van der Waals surface area contributed by atoms with E-state index in [4.69, 9.17) is 0 Å². The predicted molar refractivity (Wildman–Crippen MR) is 86.7 cm³/mol. The number of unbranched alkanes of at least 4 members (excludes halogenated alkanes) is 8. The molecular weight excluding hydrogens is 272 g/mol. The van der Waals surface area contributed by atoms with Gasteiger partial charge in [0.05, 0.1) is 0 Å². The highest BCUT2D eigenvalue weighted by Crippen LogP contribution is 2.09. The lowest BCUT2D eigenvalue weighted by Gasteiger charge is -2.07. The van der Waals surface area contributed by atoms with Crippen LogP contribution in [-0.4, -0.2) is 14.5 Å². The van der Waals surface area contributed by atoms with Gasteiger partial charge in [0, 0.05) is 11.4 Å². The van der Waals surface area contributed by atoms with Crippen LogP contribution in [0.2, 0.25) is 0 Å². The summed E-state index contributed by atoms with van der Waals surface area (Å²) in [6.07, 6.45) is 12.7. The van der Waals surface area contributed by atoms with Crippen LogP contribution >= 0.6 is 0 Å². The minimum absolute atomic E-state index is 0.0888. The van der Waals surface area contributed by atoms with Gasteiger partial charge in [-0.1, -0.05) is 57.9 Å². The zero-order chi connectivity index (χ0) is 15.3. The maximum absolute atomic E-state index is 11.5. The molecule has 0 fully saturated rings. The molecule has 5 heteroatoms. The molecule has 0 spiro atoms. The molecule has 0 saturated carbocycles. The number of hydrogen-bond donors (Lipinski definition) is 2. The molecule has 0 atom stereocenters. The van der Waals surface area contributed by atoms with Crippen molar-refractivity contribution in [3.8, 4) is 0 Å². The fraction of sp³-hybridized carbons (Fsp3) is 0.867. The lowest BCUT2D eigenvalue weighted by molar-refractivity contribution is 0.528. The smallest absolute Gasteiger partial charge is 0.241 e. The Morgan fingerprint density at radius 3 is 2.05 bits per heavy atom. The largest absolute Gasteiger partial charge is 0.246 e. The van der Waals surface area contributed by atoms with Crippen molar-refractivity contribution in [3.63, 3.8) is 0 Å². The first kappa shape index (κ1) is 19.6. The molecule has 0 amide bonds. The van der Waals surface area contributed by atoms with Gasteiger partial charge in [-0.3, -0.25) is 0 Å². The molecule has 0 aliphatic heterocycles. The van der Waals surface area contributed by atoms with Crippen LogP contribution in [0.15, 0.2) is 11.5 Å². The van der Waals surface area contributed by atoms with Crippen molar-refractivity contribution >= 4 is 10.0 Å². The third-order valence-electron chi connectivity index (χ3n) is 2.99. The van der Waals surface area contributed by atoms with E-state index in [1.54, 1.807) is 6.08 Å². The van der Waals surface area contributed by atoms with Crippen LogP contribution < -0.4 is 10.3 Å². The molecule has 0 unspecified atom stereocenters. The van der Waals surface area contributed by atoms with Gasteiger partial charge in [0.1, 0.15) is 0 Å². The summed E-state index contributed by atoms with van der Waals surface area (Å²) < 4.78 is 23.0. The van der Waals surface area contributed by atoms with Crippen molar-refractivity contribution in [1.29, 1.82) is 0 Å². The minimum Gasteiger partial charge on any atom is -0.241 e. The first-order valence-corrected chi connectivity index (χ1v) is 9.46. The molecule has 0 saturated heterocycles. The van der Waals surface area contributed by atoms with E-state index in [0.29, 0.717) is 0 Å². The van der Waals surface area contributed by atoms with Crippen molar-refractivity contribution in [2.75, 3.05) is 0 Å². The molecule has 4 nitrogen and oxygen atoms in total. The fourth-order valence-corrected chi connectivity index (χ4v) is 2.68. The Balaban J connectivity index is 3.51. The number of hydrogen-bond acceptors (Lipinski definition) is 3. The first-order chi connectivity index (χ1) is 9.48. The van der Waals surface area contributed by atoms with Gasteiger partial charge in [-0.15, -0.1) is 4.83 Å². The van der Waals surface area contributed by atoms with Gasteiger partial charge in [0.2, 0.25) is 10.0 Å². The second kappa shape index (κ2) is 12.4. The van der Waals surface area contributed by atoms with Gasteiger partial charge in [-0.2, -0.15) is 0 Å². The van der Waals surface area contributed by atoms with E-state index in [-0.39, 0.29) is 6.04 Å². The van der Waals surface area contributed by atoms with E-state index in [9.17, 15) is 8.42 Å². The summed E-state index contributed by atoms with van der Waals surface area (Å²) in [6, 6.07) is 0.0888. The Hall–Kier alpha value is -0.390. The Kier molecular flexibility index (Phi) is 12.1. The monoisotopic (exact) mass is 304 g/mol. The van der Waals surface area contributed by atoms with Gasteiger partial charge >= 0.3 is 0 Å². The molecule has 0 aromatic heterocycles. The van der Waals surface area contributed by atoms with E-state index >= 15 is 0 Å². The van der Waals surface area contributed by atoms with E-state index in [0.717, 1.165) is 12.8 Å². The van der Waals surface area contributed by atoms with E-state index < -0.39 is 10.0 Å². The maximum Gasteiger partial charge on any atom is 0.246 e. The SMILES string of the molecule is CCCCCCCCCCC=CS(=O)(=O)NNC(C)C. The van der Waals surface area contributed by atoms with Crippen molar-refractivity contribution in [3.05, 3.63) is 11.5 Å². The summed E-state index contributed by atoms with van der Waals surface area (Å²) in [5.74, 6) is 0. The third-order valence-corrected chi connectivity index (χ3v) is 3.94. The van der Waals surface area contributed by atoms with Crippen molar-refractivity contribution in [1.82, 2.24) is 10.3 Å². The first-order valence-electron chi connectivity index (χ1n) is 7.92. The molecule has 0 aromatic carbocycles. The molecular formula is C15H32N2O2S. The summed E-state index contributed by atoms with van der Waals surface area (Å²) >= 11 is 0. The number of hydrazine groups is 1. The summed E-state index contributed by atoms with van der Waals surface area (Å²) in [7, 11) is -3.33. The van der Waals surface area contributed by atoms with Gasteiger partial charge in [0.25, 0.3) is 0 Å². The zero-order valence-electron chi connectivity index (χ0n) is 13.3.